The van der Waals surface area contributed by atoms with Crippen LogP contribution in [-0.2, 0) is 26.2 Å². The van der Waals surface area contributed by atoms with E-state index in [0.717, 1.165) is 18.7 Å². The van der Waals surface area contributed by atoms with Crippen molar-refractivity contribution >= 4 is 5.78 Å². The fourth-order valence-electron chi connectivity index (χ4n) is 3.69. The van der Waals surface area contributed by atoms with E-state index in [-0.39, 0.29) is 23.6 Å². The van der Waals surface area contributed by atoms with E-state index in [1.54, 1.807) is 12.1 Å². The molecule has 1 aliphatic heterocycles. The first-order chi connectivity index (χ1) is 15.0. The van der Waals surface area contributed by atoms with Gasteiger partial charge in [-0.3, -0.25) is 14.5 Å². The maximum atomic E-state index is 12.4. The van der Waals surface area contributed by atoms with Crippen LogP contribution in [-0.4, -0.2) is 36.2 Å². The number of Topliss-reactive ketones (excluding diaryl/α,β-unsaturated/α-hetero) is 1. The number of hydrogen-bond acceptors (Lipinski definition) is 6. The monoisotopic (exact) mass is 418 g/mol. The second kappa shape index (κ2) is 9.29. The lowest BCUT2D eigenvalue weighted by atomic mass is 10.1. The highest BCUT2D eigenvalue weighted by molar-refractivity contribution is 5.97. The van der Waals surface area contributed by atoms with E-state index >= 15 is 0 Å². The zero-order valence-corrected chi connectivity index (χ0v) is 17.8. The number of carbonyl (C=O) groups excluding carboxylic acids is 1. The topological polar surface area (TPSA) is 63.0 Å². The third kappa shape index (κ3) is 5.29. The van der Waals surface area contributed by atoms with Crippen molar-refractivity contribution in [1.29, 1.82) is 0 Å². The lowest BCUT2D eigenvalue weighted by molar-refractivity contribution is 0.0958. The summed E-state index contributed by atoms with van der Waals surface area (Å²) in [5.74, 6) is 0.866. The number of hydrogen-bond donors (Lipinski definition) is 0. The zero-order chi connectivity index (χ0) is 21.8. The Labute approximate surface area is 181 Å². The predicted molar refractivity (Wildman–Crippen MR) is 118 cm³/mol. The highest BCUT2D eigenvalue weighted by Crippen LogP contribution is 2.24. The average Bonchev–Trinajstić information content (AvgIpc) is 3.15. The summed E-state index contributed by atoms with van der Waals surface area (Å²) in [6.45, 7) is 2.88. The van der Waals surface area contributed by atoms with Crippen LogP contribution in [0.4, 0.5) is 0 Å². The van der Waals surface area contributed by atoms with Gasteiger partial charge in [-0.05, 0) is 30.8 Å². The maximum absolute atomic E-state index is 12.4. The molecule has 2 aromatic carbocycles. The van der Waals surface area contributed by atoms with Gasteiger partial charge in [0.1, 0.15) is 18.6 Å². The van der Waals surface area contributed by atoms with Gasteiger partial charge in [-0.2, -0.15) is 0 Å². The molecule has 6 heteroatoms. The van der Waals surface area contributed by atoms with Crippen molar-refractivity contribution in [1.82, 2.24) is 9.80 Å². The fourth-order valence-corrected chi connectivity index (χ4v) is 3.69. The van der Waals surface area contributed by atoms with Gasteiger partial charge in [-0.25, -0.2) is 0 Å². The number of ketones is 1. The molecule has 0 spiro atoms. The summed E-state index contributed by atoms with van der Waals surface area (Å²) in [7, 11) is 3.72. The molecule has 0 radical (unpaired) electrons. The molecule has 0 saturated heterocycles. The summed E-state index contributed by atoms with van der Waals surface area (Å²) in [4.78, 5) is 28.6. The summed E-state index contributed by atoms with van der Waals surface area (Å²) in [6, 6.07) is 17.1. The van der Waals surface area contributed by atoms with Crippen LogP contribution >= 0.6 is 0 Å². The highest BCUT2D eigenvalue weighted by Gasteiger charge is 2.19. The van der Waals surface area contributed by atoms with Crippen molar-refractivity contribution in [2.75, 3.05) is 20.6 Å². The second-order valence-electron chi connectivity index (χ2n) is 8.14. The first-order valence-corrected chi connectivity index (χ1v) is 10.3. The fraction of sp³-hybridized carbons (Fsp3) is 0.280. The van der Waals surface area contributed by atoms with Gasteiger partial charge >= 0.3 is 0 Å². The molecule has 0 amide bonds. The zero-order valence-electron chi connectivity index (χ0n) is 17.8. The Kier molecular flexibility index (Phi) is 6.30. The van der Waals surface area contributed by atoms with Gasteiger partial charge in [-0.15, -0.1) is 0 Å². The molecule has 0 saturated carbocycles. The van der Waals surface area contributed by atoms with Gasteiger partial charge in [0.25, 0.3) is 0 Å². The standard InChI is InChI=1S/C25H26N2O4/c1-26(2)15-24(29)19-9-7-18(8-10-19)16-31-25-17-30-22(11-23(25)28)14-27-12-20-5-3-4-6-21(20)13-27/h3-11,17H,12-16H2,1-2H3. The molecule has 0 aliphatic carbocycles. The van der Waals surface area contributed by atoms with Gasteiger partial charge in [0.05, 0.1) is 13.1 Å². The molecule has 1 aliphatic rings. The summed E-state index contributed by atoms with van der Waals surface area (Å²) >= 11 is 0. The highest BCUT2D eigenvalue weighted by atomic mass is 16.5. The Balaban J connectivity index is 1.33. The summed E-state index contributed by atoms with van der Waals surface area (Å²) in [5, 5.41) is 0. The maximum Gasteiger partial charge on any atom is 0.227 e. The van der Waals surface area contributed by atoms with Gasteiger partial charge in [0, 0.05) is 24.7 Å². The van der Waals surface area contributed by atoms with Crippen LogP contribution in [0.5, 0.6) is 5.75 Å². The van der Waals surface area contributed by atoms with Crippen LogP contribution in [0.2, 0.25) is 0 Å². The van der Waals surface area contributed by atoms with Crippen molar-refractivity contribution in [3.8, 4) is 5.75 Å². The van der Waals surface area contributed by atoms with Crippen LogP contribution in [0, 0.1) is 0 Å². The minimum absolute atomic E-state index is 0.0646. The smallest absolute Gasteiger partial charge is 0.227 e. The van der Waals surface area contributed by atoms with Crippen LogP contribution in [0.1, 0.15) is 32.8 Å². The van der Waals surface area contributed by atoms with E-state index in [0.29, 0.717) is 24.4 Å². The first kappa shape index (κ1) is 21.0. The lowest BCUT2D eigenvalue weighted by Crippen LogP contribution is -2.21. The van der Waals surface area contributed by atoms with Crippen LogP contribution < -0.4 is 10.2 Å². The van der Waals surface area contributed by atoms with Gasteiger partial charge in [-0.1, -0.05) is 48.5 Å². The van der Waals surface area contributed by atoms with Crippen LogP contribution in [0.15, 0.2) is 70.1 Å². The van der Waals surface area contributed by atoms with Crippen molar-refractivity contribution in [2.24, 2.45) is 0 Å². The third-order valence-corrected chi connectivity index (χ3v) is 5.27. The molecule has 0 bridgehead atoms. The molecule has 2 heterocycles. The number of benzene rings is 2. The van der Waals surface area contributed by atoms with Crippen molar-refractivity contribution in [3.05, 3.63) is 99.1 Å². The Hall–Kier alpha value is -3.22. The molecule has 160 valence electrons. The van der Waals surface area contributed by atoms with Gasteiger partial charge < -0.3 is 14.1 Å². The predicted octanol–water partition coefficient (Wildman–Crippen LogP) is 3.48. The SMILES string of the molecule is CN(C)CC(=O)c1ccc(COc2coc(CN3Cc4ccccc4C3)cc2=O)cc1. The number of carbonyl (C=O) groups is 1. The van der Waals surface area contributed by atoms with Crippen molar-refractivity contribution in [3.63, 3.8) is 0 Å². The molecular formula is C25H26N2O4. The molecule has 4 rings (SSSR count). The summed E-state index contributed by atoms with van der Waals surface area (Å²) < 4.78 is 11.3. The van der Waals surface area contributed by atoms with E-state index in [1.807, 2.05) is 43.3 Å². The number of rotatable bonds is 8. The molecule has 0 N–H and O–H groups in total. The van der Waals surface area contributed by atoms with Crippen molar-refractivity contribution < 1.29 is 13.9 Å². The minimum atomic E-state index is -0.198. The van der Waals surface area contributed by atoms with Crippen LogP contribution in [0.25, 0.3) is 0 Å². The first-order valence-electron chi connectivity index (χ1n) is 10.3. The number of likely N-dealkylation sites (N-methyl/N-ethyl adjacent to an activating group) is 1. The molecule has 31 heavy (non-hydrogen) atoms. The van der Waals surface area contributed by atoms with E-state index < -0.39 is 0 Å². The Bertz CT molecular complexity index is 1090. The van der Waals surface area contributed by atoms with E-state index in [1.165, 1.54) is 23.5 Å². The third-order valence-electron chi connectivity index (χ3n) is 5.27. The second-order valence-corrected chi connectivity index (χ2v) is 8.14. The van der Waals surface area contributed by atoms with Gasteiger partial charge in [0.2, 0.25) is 11.2 Å². The van der Waals surface area contributed by atoms with E-state index in [4.69, 9.17) is 9.15 Å². The Morgan fingerprint density at radius 3 is 2.35 bits per heavy atom. The molecule has 1 aromatic heterocycles. The quantitative estimate of drug-likeness (QED) is 0.522. The Morgan fingerprint density at radius 2 is 1.74 bits per heavy atom. The van der Waals surface area contributed by atoms with E-state index in [2.05, 4.69) is 17.0 Å². The molecular weight excluding hydrogens is 392 g/mol. The average molecular weight is 418 g/mol. The summed E-state index contributed by atoms with van der Waals surface area (Å²) in [6.07, 6.45) is 1.38. The molecule has 3 aromatic rings. The number of nitrogens with zero attached hydrogens (tertiary/aromatic N) is 2. The van der Waals surface area contributed by atoms with Crippen LogP contribution in [0.3, 0.4) is 0 Å². The van der Waals surface area contributed by atoms with Crippen molar-refractivity contribution in [2.45, 2.75) is 26.2 Å². The molecule has 0 atom stereocenters. The molecule has 6 nitrogen and oxygen atoms in total. The largest absolute Gasteiger partial charge is 0.482 e. The molecule has 0 unspecified atom stereocenters. The number of ether oxygens (including phenoxy) is 1. The number of fused-ring (bicyclic) bond motifs is 1. The molecule has 0 fully saturated rings. The minimum Gasteiger partial charge on any atom is -0.482 e. The lowest BCUT2D eigenvalue weighted by Gasteiger charge is -2.14. The summed E-state index contributed by atoms with van der Waals surface area (Å²) in [5.41, 5.74) is 3.97. The normalized spacial score (nSPS) is 13.4. The Morgan fingerprint density at radius 1 is 1.06 bits per heavy atom. The van der Waals surface area contributed by atoms with E-state index in [9.17, 15) is 9.59 Å². The van der Waals surface area contributed by atoms with Gasteiger partial charge in [0.15, 0.2) is 5.78 Å².